The molecule has 0 aliphatic heterocycles. The van der Waals surface area contributed by atoms with Crippen molar-refractivity contribution >= 4 is 35.0 Å². The van der Waals surface area contributed by atoms with Gasteiger partial charge in [-0.25, -0.2) is 0 Å². The summed E-state index contributed by atoms with van der Waals surface area (Å²) in [6.45, 7) is 1.08. The van der Waals surface area contributed by atoms with Gasteiger partial charge in [0.2, 0.25) is 5.60 Å². The summed E-state index contributed by atoms with van der Waals surface area (Å²) < 4.78 is 38.8. The molecular formula is C17H15ClF3NO2S. The average Bonchev–Trinajstić information content (AvgIpc) is 2.56. The molecule has 1 unspecified atom stereocenters. The number of rotatable bonds is 5. The second-order valence-electron chi connectivity index (χ2n) is 5.22. The Bertz CT molecular complexity index is 755. The lowest BCUT2D eigenvalue weighted by molar-refractivity contribution is -0.249. The first-order chi connectivity index (χ1) is 11.7. The SMILES string of the molecule is CCC(O)(C(=O)Nc1ccc(Sc2ccccc2)cc1Cl)C(F)(F)F. The van der Waals surface area contributed by atoms with Gasteiger partial charge in [0.1, 0.15) is 0 Å². The van der Waals surface area contributed by atoms with Gasteiger partial charge in [-0.3, -0.25) is 4.79 Å². The number of amides is 1. The van der Waals surface area contributed by atoms with E-state index in [2.05, 4.69) is 0 Å². The van der Waals surface area contributed by atoms with E-state index in [4.69, 9.17) is 11.6 Å². The van der Waals surface area contributed by atoms with Gasteiger partial charge in [-0.05, 0) is 36.8 Å². The van der Waals surface area contributed by atoms with E-state index in [0.717, 1.165) is 16.7 Å². The first-order valence-electron chi connectivity index (χ1n) is 7.30. The van der Waals surface area contributed by atoms with Gasteiger partial charge in [0.25, 0.3) is 5.91 Å². The third-order valence-corrected chi connectivity index (χ3v) is 4.83. The monoisotopic (exact) mass is 389 g/mol. The molecule has 0 bridgehead atoms. The van der Waals surface area contributed by atoms with Crippen LogP contribution in [0.3, 0.4) is 0 Å². The summed E-state index contributed by atoms with van der Waals surface area (Å²) in [4.78, 5) is 13.6. The molecule has 1 amide bonds. The van der Waals surface area contributed by atoms with Crippen LogP contribution < -0.4 is 5.32 Å². The van der Waals surface area contributed by atoms with Crippen molar-refractivity contribution in [3.05, 3.63) is 53.6 Å². The molecular weight excluding hydrogens is 375 g/mol. The van der Waals surface area contributed by atoms with Crippen molar-refractivity contribution in [1.29, 1.82) is 0 Å². The second-order valence-corrected chi connectivity index (χ2v) is 6.78. The summed E-state index contributed by atoms with van der Waals surface area (Å²) in [5.41, 5.74) is -3.46. The predicted octanol–water partition coefficient (Wildman–Crippen LogP) is 5.13. The largest absolute Gasteiger partial charge is 0.426 e. The second kappa shape index (κ2) is 7.68. The minimum absolute atomic E-state index is 0.000188. The third kappa shape index (κ3) is 4.48. The van der Waals surface area contributed by atoms with Crippen molar-refractivity contribution in [2.24, 2.45) is 0 Å². The van der Waals surface area contributed by atoms with Crippen molar-refractivity contribution in [2.45, 2.75) is 34.9 Å². The molecule has 0 aromatic heterocycles. The molecule has 0 radical (unpaired) electrons. The molecule has 0 spiro atoms. The highest BCUT2D eigenvalue weighted by atomic mass is 35.5. The summed E-state index contributed by atoms with van der Waals surface area (Å²) >= 11 is 7.47. The zero-order valence-corrected chi connectivity index (χ0v) is 14.7. The fraction of sp³-hybridized carbons (Fsp3) is 0.235. The maximum absolute atomic E-state index is 12.9. The molecule has 2 aromatic rings. The minimum atomic E-state index is -5.08. The molecule has 2 aromatic carbocycles. The number of hydrogen-bond acceptors (Lipinski definition) is 3. The molecule has 134 valence electrons. The van der Waals surface area contributed by atoms with Gasteiger partial charge >= 0.3 is 6.18 Å². The topological polar surface area (TPSA) is 49.3 Å². The number of nitrogens with one attached hydrogen (secondary N) is 1. The molecule has 2 rings (SSSR count). The van der Waals surface area contributed by atoms with Crippen LogP contribution in [-0.4, -0.2) is 22.8 Å². The minimum Gasteiger partial charge on any atom is -0.373 e. The van der Waals surface area contributed by atoms with E-state index in [0.29, 0.717) is 0 Å². The highest BCUT2D eigenvalue weighted by molar-refractivity contribution is 7.99. The zero-order chi connectivity index (χ0) is 18.7. The molecule has 0 aliphatic carbocycles. The smallest absolute Gasteiger partial charge is 0.373 e. The maximum Gasteiger partial charge on any atom is 0.426 e. The van der Waals surface area contributed by atoms with Crippen LogP contribution in [0.15, 0.2) is 58.3 Å². The molecule has 0 saturated carbocycles. The van der Waals surface area contributed by atoms with Gasteiger partial charge in [-0.1, -0.05) is 48.5 Å². The van der Waals surface area contributed by atoms with E-state index in [1.54, 1.807) is 6.07 Å². The van der Waals surface area contributed by atoms with E-state index in [1.807, 2.05) is 35.6 Å². The van der Waals surface area contributed by atoms with Gasteiger partial charge in [0.05, 0.1) is 10.7 Å². The van der Waals surface area contributed by atoms with Gasteiger partial charge in [-0.2, -0.15) is 13.2 Å². The van der Waals surface area contributed by atoms with Crippen molar-refractivity contribution in [3.63, 3.8) is 0 Å². The standard InChI is InChI=1S/C17H15ClF3NO2S/c1-2-16(24,17(19,20)21)15(23)22-14-9-8-12(10-13(14)18)25-11-6-4-3-5-7-11/h3-10,24H,2H2,1H3,(H,22,23). The lowest BCUT2D eigenvalue weighted by Gasteiger charge is -2.28. The molecule has 0 saturated heterocycles. The Morgan fingerprint density at radius 1 is 1.16 bits per heavy atom. The molecule has 0 fully saturated rings. The van der Waals surface area contributed by atoms with Crippen LogP contribution in [0.4, 0.5) is 18.9 Å². The summed E-state index contributed by atoms with van der Waals surface area (Å²) in [5, 5.41) is 11.8. The lowest BCUT2D eigenvalue weighted by atomic mass is 9.99. The summed E-state index contributed by atoms with van der Waals surface area (Å²) in [6, 6.07) is 14.0. The lowest BCUT2D eigenvalue weighted by Crippen LogP contribution is -2.54. The number of carbonyl (C=O) groups is 1. The van der Waals surface area contributed by atoms with E-state index in [-0.39, 0.29) is 10.7 Å². The predicted molar refractivity (Wildman–Crippen MR) is 91.9 cm³/mol. The Morgan fingerprint density at radius 2 is 1.80 bits per heavy atom. The Morgan fingerprint density at radius 3 is 2.32 bits per heavy atom. The number of anilines is 1. The molecule has 8 heteroatoms. The van der Waals surface area contributed by atoms with Crippen LogP contribution in [0, 0.1) is 0 Å². The van der Waals surface area contributed by atoms with Crippen molar-refractivity contribution in [2.75, 3.05) is 5.32 Å². The van der Waals surface area contributed by atoms with Gasteiger partial charge in [0.15, 0.2) is 0 Å². The maximum atomic E-state index is 12.9. The van der Waals surface area contributed by atoms with Crippen LogP contribution in [0.5, 0.6) is 0 Å². The Balaban J connectivity index is 2.17. The van der Waals surface area contributed by atoms with Crippen molar-refractivity contribution < 1.29 is 23.1 Å². The number of alkyl halides is 3. The highest BCUT2D eigenvalue weighted by Gasteiger charge is 2.58. The van der Waals surface area contributed by atoms with Crippen LogP contribution in [-0.2, 0) is 4.79 Å². The number of carbonyl (C=O) groups excluding carboxylic acids is 1. The van der Waals surface area contributed by atoms with E-state index >= 15 is 0 Å². The van der Waals surface area contributed by atoms with Gasteiger partial charge in [0, 0.05) is 9.79 Å². The van der Waals surface area contributed by atoms with E-state index < -0.39 is 24.1 Å². The first-order valence-corrected chi connectivity index (χ1v) is 8.50. The average molecular weight is 390 g/mol. The van der Waals surface area contributed by atoms with E-state index in [1.165, 1.54) is 23.9 Å². The number of benzene rings is 2. The molecule has 3 nitrogen and oxygen atoms in total. The zero-order valence-electron chi connectivity index (χ0n) is 13.1. The summed E-state index contributed by atoms with van der Waals surface area (Å²) in [6.07, 6.45) is -5.89. The van der Waals surface area contributed by atoms with Crippen molar-refractivity contribution in [1.82, 2.24) is 0 Å². The quantitative estimate of drug-likeness (QED) is 0.745. The molecule has 25 heavy (non-hydrogen) atoms. The Hall–Kier alpha value is -1.70. The third-order valence-electron chi connectivity index (χ3n) is 3.52. The van der Waals surface area contributed by atoms with Crippen LogP contribution in [0.25, 0.3) is 0 Å². The number of aliphatic hydroxyl groups is 1. The van der Waals surface area contributed by atoms with Crippen molar-refractivity contribution in [3.8, 4) is 0 Å². The Labute approximate surface area is 152 Å². The summed E-state index contributed by atoms with van der Waals surface area (Å²) in [5.74, 6) is -1.56. The Kier molecular flexibility index (Phi) is 6.03. The van der Waals surface area contributed by atoms with Crippen LogP contribution in [0.2, 0.25) is 5.02 Å². The van der Waals surface area contributed by atoms with Crippen LogP contribution in [0.1, 0.15) is 13.3 Å². The molecule has 0 aliphatic rings. The van der Waals surface area contributed by atoms with E-state index in [9.17, 15) is 23.1 Å². The van der Waals surface area contributed by atoms with Crippen LogP contribution >= 0.6 is 23.4 Å². The molecule has 0 heterocycles. The van der Waals surface area contributed by atoms with Gasteiger partial charge < -0.3 is 10.4 Å². The normalized spacial score (nSPS) is 14.0. The molecule has 1 atom stereocenters. The molecule has 2 N–H and O–H groups in total. The van der Waals surface area contributed by atoms with Gasteiger partial charge in [-0.15, -0.1) is 0 Å². The fourth-order valence-corrected chi connectivity index (χ4v) is 3.17. The number of halogens is 4. The summed E-state index contributed by atoms with van der Waals surface area (Å²) in [7, 11) is 0. The number of hydrogen-bond donors (Lipinski definition) is 2. The first kappa shape index (κ1) is 19.6. The fourth-order valence-electron chi connectivity index (χ4n) is 2.00. The highest BCUT2D eigenvalue weighted by Crippen LogP contribution is 2.36.